The van der Waals surface area contributed by atoms with Crippen LogP contribution in [0.1, 0.15) is 0 Å². The molecular formula is C30H27F2N5O5S. The topological polar surface area (TPSA) is 153 Å². The molecule has 10 nitrogen and oxygen atoms in total. The minimum absolute atomic E-state index is 0.0523. The number of nitrogen functional groups attached to an aromatic ring is 1. The molecular weight excluding hydrogens is 580 g/mol. The fraction of sp³-hybridized carbons (Fsp3) is 0.0667. The number of hydrogen-bond donors (Lipinski definition) is 3. The van der Waals surface area contributed by atoms with Gasteiger partial charge in [0, 0.05) is 34.3 Å². The van der Waals surface area contributed by atoms with Crippen LogP contribution in [0.5, 0.6) is 5.88 Å². The summed E-state index contributed by atoms with van der Waals surface area (Å²) in [5.41, 5.74) is 10.2. The zero-order valence-electron chi connectivity index (χ0n) is 23.1. The minimum atomic E-state index is -3.53. The number of methoxy groups -OCH3 is 1. The average molecular weight is 608 g/mol. The smallest absolute Gasteiger partial charge is 0.238 e. The second-order valence-electron chi connectivity index (χ2n) is 8.74. The summed E-state index contributed by atoms with van der Waals surface area (Å²) in [5, 5.41) is 3.70. The molecule has 0 amide bonds. The molecule has 0 radical (unpaired) electrons. The van der Waals surface area contributed by atoms with Crippen LogP contribution in [0.3, 0.4) is 0 Å². The van der Waals surface area contributed by atoms with Crippen molar-refractivity contribution in [2.75, 3.05) is 29.1 Å². The lowest BCUT2D eigenvalue weighted by Crippen LogP contribution is -2.10. The number of para-hydroxylation sites is 1. The van der Waals surface area contributed by atoms with Gasteiger partial charge in [-0.3, -0.25) is 4.72 Å². The van der Waals surface area contributed by atoms with Gasteiger partial charge in [-0.05, 0) is 48.0 Å². The minimum Gasteiger partial charge on any atom is -0.479 e. The van der Waals surface area contributed by atoms with E-state index in [1.165, 1.54) is 13.2 Å². The molecule has 0 saturated heterocycles. The number of carbonyl (C=O) groups excluding carboxylic acids is 2. The zero-order valence-corrected chi connectivity index (χ0v) is 23.9. The predicted octanol–water partition coefficient (Wildman–Crippen LogP) is 5.58. The zero-order chi connectivity index (χ0) is 31.7. The van der Waals surface area contributed by atoms with Crippen LogP contribution in [-0.2, 0) is 19.6 Å². The summed E-state index contributed by atoms with van der Waals surface area (Å²) in [6.45, 7) is 4.00. The highest BCUT2D eigenvalue weighted by molar-refractivity contribution is 7.92. The first-order chi connectivity index (χ1) is 20.6. The molecule has 0 saturated carbocycles. The van der Waals surface area contributed by atoms with Gasteiger partial charge < -0.3 is 25.4 Å². The molecule has 2 heterocycles. The van der Waals surface area contributed by atoms with Crippen LogP contribution in [0.4, 0.5) is 31.7 Å². The highest BCUT2D eigenvalue weighted by atomic mass is 32.2. The van der Waals surface area contributed by atoms with E-state index >= 15 is 0 Å². The van der Waals surface area contributed by atoms with Gasteiger partial charge in [-0.2, -0.15) is 0 Å². The highest BCUT2D eigenvalue weighted by Crippen LogP contribution is 2.39. The quantitative estimate of drug-likeness (QED) is 0.215. The fourth-order valence-electron chi connectivity index (χ4n) is 4.27. The molecule has 4 N–H and O–H groups in total. The van der Waals surface area contributed by atoms with E-state index in [9.17, 15) is 17.2 Å². The lowest BCUT2D eigenvalue weighted by molar-refractivity contribution is -0.0987. The molecule has 43 heavy (non-hydrogen) atoms. The Hall–Kier alpha value is -5.43. The first kappa shape index (κ1) is 32.1. The van der Waals surface area contributed by atoms with Crippen molar-refractivity contribution in [2.24, 2.45) is 0 Å². The Labute approximate surface area is 246 Å². The molecule has 222 valence electrons. The Bertz CT molecular complexity index is 1870. The number of benzene rings is 3. The number of fused-ring (bicyclic) bond motifs is 1. The largest absolute Gasteiger partial charge is 0.479 e. The van der Waals surface area contributed by atoms with E-state index in [1.54, 1.807) is 42.6 Å². The van der Waals surface area contributed by atoms with Crippen molar-refractivity contribution in [3.8, 4) is 28.1 Å². The summed E-state index contributed by atoms with van der Waals surface area (Å²) in [7, 11) is -2.09. The van der Waals surface area contributed by atoms with Crippen molar-refractivity contribution in [3.63, 3.8) is 0 Å². The molecule has 13 heteroatoms. The number of halogens is 2. The van der Waals surface area contributed by atoms with Crippen molar-refractivity contribution in [1.29, 1.82) is 0 Å². The third-order valence-electron chi connectivity index (χ3n) is 5.97. The van der Waals surface area contributed by atoms with Crippen LogP contribution in [0.25, 0.3) is 33.2 Å². The third kappa shape index (κ3) is 7.45. The number of carbonyl (C=O) groups is 2. The van der Waals surface area contributed by atoms with Crippen LogP contribution < -0.4 is 20.5 Å². The molecule has 2 aromatic heterocycles. The number of rotatable bonds is 7. The summed E-state index contributed by atoms with van der Waals surface area (Å²) < 4.78 is 59.7. The molecule has 0 aliphatic rings. The summed E-state index contributed by atoms with van der Waals surface area (Å²) in [5.74, 6) is -1.01. The number of pyridine rings is 2. The van der Waals surface area contributed by atoms with Crippen LogP contribution in [0.15, 0.2) is 79.0 Å². The van der Waals surface area contributed by atoms with Gasteiger partial charge in [0.1, 0.15) is 36.7 Å². The van der Waals surface area contributed by atoms with Gasteiger partial charge in [-0.25, -0.2) is 27.2 Å². The van der Waals surface area contributed by atoms with Crippen molar-refractivity contribution in [2.45, 2.75) is 0 Å². The second kappa shape index (κ2) is 14.0. The number of hydrogen-bond acceptors (Lipinski definition) is 9. The molecule has 5 aromatic rings. The first-order valence-corrected chi connectivity index (χ1v) is 14.1. The Morgan fingerprint density at radius 2 is 1.58 bits per heavy atom. The van der Waals surface area contributed by atoms with Gasteiger partial charge in [-0.15, -0.1) is 0 Å². The molecule has 0 bridgehead atoms. The van der Waals surface area contributed by atoms with Crippen LogP contribution >= 0.6 is 0 Å². The summed E-state index contributed by atoms with van der Waals surface area (Å²) in [6, 6.07) is 19.2. The number of anilines is 4. The maximum Gasteiger partial charge on any atom is 0.238 e. The van der Waals surface area contributed by atoms with Crippen LogP contribution in [0.2, 0.25) is 0 Å². The van der Waals surface area contributed by atoms with E-state index < -0.39 is 21.7 Å². The Morgan fingerprint density at radius 3 is 2.26 bits per heavy atom. The van der Waals surface area contributed by atoms with Gasteiger partial charge in [-0.1, -0.05) is 24.3 Å². The second-order valence-corrected chi connectivity index (χ2v) is 10.5. The molecule has 0 aliphatic heterocycles. The fourth-order valence-corrected chi connectivity index (χ4v) is 4.84. The van der Waals surface area contributed by atoms with Gasteiger partial charge in [0.25, 0.3) is 0 Å². The monoisotopic (exact) mass is 607 g/mol. The number of nitrogens with two attached hydrogens (primary N) is 1. The van der Waals surface area contributed by atoms with Crippen LogP contribution in [0, 0.1) is 11.6 Å². The van der Waals surface area contributed by atoms with Gasteiger partial charge in [0.15, 0.2) is 0 Å². The Morgan fingerprint density at radius 1 is 0.860 bits per heavy atom. The van der Waals surface area contributed by atoms with Crippen molar-refractivity contribution >= 4 is 57.4 Å². The Balaban J connectivity index is 0.00000121. The summed E-state index contributed by atoms with van der Waals surface area (Å²) in [4.78, 5) is 24.8. The maximum atomic E-state index is 14.5. The van der Waals surface area contributed by atoms with Crippen molar-refractivity contribution in [3.05, 3.63) is 90.6 Å². The third-order valence-corrected chi connectivity index (χ3v) is 6.56. The number of nitrogens with one attached hydrogen (secondary N) is 2. The van der Waals surface area contributed by atoms with Crippen LogP contribution in [-0.4, -0.2) is 45.3 Å². The molecule has 0 atom stereocenters. The van der Waals surface area contributed by atoms with Gasteiger partial charge in [0.05, 0.1) is 30.3 Å². The summed E-state index contributed by atoms with van der Waals surface area (Å²) >= 11 is 0. The van der Waals surface area contributed by atoms with Gasteiger partial charge >= 0.3 is 0 Å². The standard InChI is InChI=1S/C28H23F2N5O3S.2CH2O/c1-38-28-26(33-25-10-8-18(29)15-22(25)30)19(11-12-32-28)16-7-9-23-17(13-16)14-21(27(31)34-23)20-5-3-4-6-24(20)35-39(2,36)37;2*1-2/h3-15,33,35H,1-2H3,(H2,31,34);2*1H2. The van der Waals surface area contributed by atoms with Crippen molar-refractivity contribution < 1.29 is 31.5 Å². The van der Waals surface area contributed by atoms with E-state index in [0.717, 1.165) is 29.3 Å². The number of ether oxygens (including phenoxy) is 1. The predicted molar refractivity (Wildman–Crippen MR) is 164 cm³/mol. The number of aromatic nitrogens is 2. The molecule has 5 rings (SSSR count). The van der Waals surface area contributed by atoms with E-state index in [-0.39, 0.29) is 17.4 Å². The normalized spacial score (nSPS) is 10.5. The first-order valence-electron chi connectivity index (χ1n) is 12.2. The lowest BCUT2D eigenvalue weighted by atomic mass is 9.99. The van der Waals surface area contributed by atoms with Gasteiger partial charge in [0.2, 0.25) is 15.9 Å². The Kier molecular flexibility index (Phi) is 10.4. The van der Waals surface area contributed by atoms with E-state index in [0.29, 0.717) is 33.6 Å². The highest BCUT2D eigenvalue weighted by Gasteiger charge is 2.17. The number of sulfonamides is 1. The summed E-state index contributed by atoms with van der Waals surface area (Å²) in [6.07, 6.45) is 2.63. The molecule has 0 fully saturated rings. The van der Waals surface area contributed by atoms with E-state index in [2.05, 4.69) is 20.0 Å². The lowest BCUT2D eigenvalue weighted by Gasteiger charge is -2.16. The molecule has 0 unspecified atom stereocenters. The number of nitrogens with zero attached hydrogens (tertiary/aromatic N) is 2. The molecule has 0 spiro atoms. The SMILES string of the molecule is C=O.C=O.COc1nccc(-c2ccc3nc(N)c(-c4ccccc4NS(C)(=O)=O)cc3c2)c1Nc1ccc(F)cc1F. The molecule has 0 aliphatic carbocycles. The van der Waals surface area contributed by atoms with E-state index in [1.807, 2.05) is 31.8 Å². The maximum absolute atomic E-state index is 14.5. The molecule has 3 aromatic carbocycles. The van der Waals surface area contributed by atoms with Crippen molar-refractivity contribution in [1.82, 2.24) is 9.97 Å². The average Bonchev–Trinajstić information content (AvgIpc) is 2.99. The van der Waals surface area contributed by atoms with E-state index in [4.69, 9.17) is 20.1 Å².